The Hall–Kier alpha value is -2.61. The molecule has 0 aliphatic carbocycles. The molecule has 9 heteroatoms. The third-order valence-corrected chi connectivity index (χ3v) is 5.79. The van der Waals surface area contributed by atoms with E-state index in [1.807, 2.05) is 24.3 Å². The Morgan fingerprint density at radius 1 is 0.857 bits per heavy atom. The van der Waals surface area contributed by atoms with E-state index in [9.17, 15) is 14.4 Å². The fraction of sp³-hybridized carbons (Fsp3) is 0.105. The molecule has 28 heavy (non-hydrogen) atoms. The van der Waals surface area contributed by atoms with Crippen LogP contribution in [0.15, 0.2) is 48.5 Å². The van der Waals surface area contributed by atoms with Crippen LogP contribution in [-0.4, -0.2) is 17.7 Å². The van der Waals surface area contributed by atoms with Gasteiger partial charge in [-0.15, -0.1) is 11.3 Å². The minimum Gasteiger partial charge on any atom is -0.325 e. The van der Waals surface area contributed by atoms with E-state index in [4.69, 9.17) is 23.2 Å². The summed E-state index contributed by atoms with van der Waals surface area (Å²) in [6.45, 7) is 0. The van der Waals surface area contributed by atoms with Crippen molar-refractivity contribution in [3.05, 3.63) is 63.5 Å². The van der Waals surface area contributed by atoms with E-state index in [1.165, 1.54) is 11.3 Å². The summed E-state index contributed by atoms with van der Waals surface area (Å²) in [5, 5.41) is 4.15. The highest BCUT2D eigenvalue weighted by atomic mass is 35.5. The molecule has 0 unspecified atom stereocenters. The van der Waals surface area contributed by atoms with E-state index in [-0.39, 0.29) is 18.7 Å². The molecule has 1 aromatic heterocycles. The number of anilines is 1. The van der Waals surface area contributed by atoms with Crippen LogP contribution in [0, 0.1) is 0 Å². The van der Waals surface area contributed by atoms with Crippen molar-refractivity contribution in [2.75, 3.05) is 5.32 Å². The molecule has 0 aliphatic rings. The van der Waals surface area contributed by atoms with E-state index >= 15 is 0 Å². The van der Waals surface area contributed by atoms with Gasteiger partial charge >= 0.3 is 0 Å². The molecule has 0 fully saturated rings. The Morgan fingerprint density at radius 3 is 2.29 bits per heavy atom. The summed E-state index contributed by atoms with van der Waals surface area (Å²) in [6.07, 6.45) is -0.159. The number of hydrazine groups is 1. The molecule has 144 valence electrons. The predicted molar refractivity (Wildman–Crippen MR) is 112 cm³/mol. The second kappa shape index (κ2) is 9.05. The highest BCUT2D eigenvalue weighted by molar-refractivity contribution is 7.21. The van der Waals surface area contributed by atoms with Gasteiger partial charge in [0.2, 0.25) is 11.8 Å². The van der Waals surface area contributed by atoms with Gasteiger partial charge in [-0.1, -0.05) is 53.5 Å². The largest absolute Gasteiger partial charge is 0.325 e. The molecule has 3 rings (SSSR count). The standard InChI is InChI=1S/C19H15Cl2N3O3S/c20-12-6-2-3-7-13(12)22-15(25)9-10-16(26)23-24-19(27)18-17(21)11-5-1-4-8-14(11)28-18/h1-8H,9-10H2,(H,22,25)(H,23,26)(H,24,27). The van der Waals surface area contributed by atoms with Gasteiger partial charge < -0.3 is 5.32 Å². The summed E-state index contributed by atoms with van der Waals surface area (Å²) in [5.74, 6) is -1.37. The highest BCUT2D eigenvalue weighted by Gasteiger charge is 2.17. The fourth-order valence-corrected chi connectivity index (χ4v) is 4.00. The number of halogens is 2. The van der Waals surface area contributed by atoms with Crippen molar-refractivity contribution in [1.82, 2.24) is 10.9 Å². The monoisotopic (exact) mass is 435 g/mol. The Morgan fingerprint density at radius 2 is 1.54 bits per heavy atom. The topological polar surface area (TPSA) is 87.3 Å². The number of para-hydroxylation sites is 1. The summed E-state index contributed by atoms with van der Waals surface area (Å²) in [7, 11) is 0. The first-order valence-electron chi connectivity index (χ1n) is 8.26. The molecule has 6 nitrogen and oxygen atoms in total. The molecule has 0 radical (unpaired) electrons. The van der Waals surface area contributed by atoms with Crippen LogP contribution in [0.3, 0.4) is 0 Å². The van der Waals surface area contributed by atoms with Crippen LogP contribution in [0.2, 0.25) is 10.0 Å². The molecular weight excluding hydrogens is 421 g/mol. The van der Waals surface area contributed by atoms with Crippen molar-refractivity contribution >= 4 is 68.0 Å². The summed E-state index contributed by atoms with van der Waals surface area (Å²) in [5.41, 5.74) is 5.08. The van der Waals surface area contributed by atoms with Gasteiger partial charge in [-0.25, -0.2) is 0 Å². The van der Waals surface area contributed by atoms with Gasteiger partial charge in [0.05, 0.1) is 15.7 Å². The van der Waals surface area contributed by atoms with Crippen molar-refractivity contribution in [1.29, 1.82) is 0 Å². The van der Waals surface area contributed by atoms with Gasteiger partial charge in [0.1, 0.15) is 4.88 Å². The SMILES string of the molecule is O=C(CCC(=O)Nc1ccccc1Cl)NNC(=O)c1sc2ccccc2c1Cl. The minimum absolute atomic E-state index is 0.0590. The number of hydrogen-bond donors (Lipinski definition) is 3. The van der Waals surface area contributed by atoms with Crippen LogP contribution < -0.4 is 16.2 Å². The molecule has 0 aliphatic heterocycles. The summed E-state index contributed by atoms with van der Waals surface area (Å²) < 4.78 is 0.875. The van der Waals surface area contributed by atoms with Crippen molar-refractivity contribution < 1.29 is 14.4 Å². The molecule has 2 aromatic carbocycles. The summed E-state index contributed by atoms with van der Waals surface area (Å²) in [4.78, 5) is 36.4. The molecule has 0 bridgehead atoms. The lowest BCUT2D eigenvalue weighted by Gasteiger charge is -2.08. The van der Waals surface area contributed by atoms with E-state index in [0.29, 0.717) is 20.6 Å². The number of thiophene rings is 1. The van der Waals surface area contributed by atoms with Crippen molar-refractivity contribution in [2.24, 2.45) is 0 Å². The zero-order chi connectivity index (χ0) is 20.1. The van der Waals surface area contributed by atoms with Gasteiger partial charge in [0.25, 0.3) is 5.91 Å². The number of hydrogen-bond acceptors (Lipinski definition) is 4. The third-order valence-electron chi connectivity index (χ3n) is 3.78. The summed E-state index contributed by atoms with van der Waals surface area (Å²) in [6, 6.07) is 14.2. The van der Waals surface area contributed by atoms with E-state index in [1.54, 1.807) is 24.3 Å². The molecule has 0 atom stereocenters. The fourth-order valence-electron chi connectivity index (χ4n) is 2.41. The second-order valence-corrected chi connectivity index (χ2v) is 7.61. The average molecular weight is 436 g/mol. The number of nitrogens with one attached hydrogen (secondary N) is 3. The van der Waals surface area contributed by atoms with Gasteiger partial charge in [-0.3, -0.25) is 25.2 Å². The molecule has 0 saturated heterocycles. The van der Waals surface area contributed by atoms with E-state index < -0.39 is 11.8 Å². The van der Waals surface area contributed by atoms with Crippen LogP contribution >= 0.6 is 34.5 Å². The van der Waals surface area contributed by atoms with Crippen LogP contribution in [-0.2, 0) is 9.59 Å². The average Bonchev–Trinajstić information content (AvgIpc) is 3.03. The maximum Gasteiger partial charge on any atom is 0.281 e. The Labute approximate surface area is 174 Å². The first kappa shape index (κ1) is 20.1. The minimum atomic E-state index is -0.514. The highest BCUT2D eigenvalue weighted by Crippen LogP contribution is 2.34. The summed E-state index contributed by atoms with van der Waals surface area (Å²) >= 11 is 13.4. The first-order chi connectivity index (χ1) is 13.5. The zero-order valence-electron chi connectivity index (χ0n) is 14.4. The molecule has 3 N–H and O–H groups in total. The van der Waals surface area contributed by atoms with Crippen molar-refractivity contribution in [3.63, 3.8) is 0 Å². The van der Waals surface area contributed by atoms with Crippen molar-refractivity contribution in [2.45, 2.75) is 12.8 Å². The Balaban J connectivity index is 1.48. The third kappa shape index (κ3) is 4.81. The molecule has 3 amide bonds. The lowest BCUT2D eigenvalue weighted by molar-refractivity contribution is -0.124. The number of benzene rings is 2. The van der Waals surface area contributed by atoms with Gasteiger partial charge in [0, 0.05) is 22.9 Å². The number of carbonyl (C=O) groups excluding carboxylic acids is 3. The van der Waals surface area contributed by atoms with E-state index in [0.717, 1.165) is 10.1 Å². The zero-order valence-corrected chi connectivity index (χ0v) is 16.8. The molecule has 0 saturated carbocycles. The smallest absolute Gasteiger partial charge is 0.281 e. The Kier molecular flexibility index (Phi) is 6.51. The molecule has 3 aromatic rings. The van der Waals surface area contributed by atoms with Crippen LogP contribution in [0.5, 0.6) is 0 Å². The van der Waals surface area contributed by atoms with Gasteiger partial charge in [-0.2, -0.15) is 0 Å². The molecule has 1 heterocycles. The van der Waals surface area contributed by atoms with Crippen LogP contribution in [0.4, 0.5) is 5.69 Å². The van der Waals surface area contributed by atoms with Gasteiger partial charge in [0.15, 0.2) is 0 Å². The number of fused-ring (bicyclic) bond motifs is 1. The van der Waals surface area contributed by atoms with Crippen molar-refractivity contribution in [3.8, 4) is 0 Å². The lowest BCUT2D eigenvalue weighted by Crippen LogP contribution is -2.41. The normalized spacial score (nSPS) is 10.5. The maximum atomic E-state index is 12.3. The lowest BCUT2D eigenvalue weighted by atomic mass is 10.2. The van der Waals surface area contributed by atoms with E-state index in [2.05, 4.69) is 16.2 Å². The molecule has 0 spiro atoms. The second-order valence-electron chi connectivity index (χ2n) is 5.77. The van der Waals surface area contributed by atoms with Crippen LogP contribution in [0.25, 0.3) is 10.1 Å². The predicted octanol–water partition coefficient (Wildman–Crippen LogP) is 4.39. The van der Waals surface area contributed by atoms with Crippen LogP contribution in [0.1, 0.15) is 22.5 Å². The Bertz CT molecular complexity index is 1050. The molecular formula is C19H15Cl2N3O3S. The number of amides is 3. The number of carbonyl (C=O) groups is 3. The maximum absolute atomic E-state index is 12.3. The number of rotatable bonds is 5. The van der Waals surface area contributed by atoms with Gasteiger partial charge in [-0.05, 0) is 18.2 Å². The first-order valence-corrected chi connectivity index (χ1v) is 9.83. The quantitative estimate of drug-likeness (QED) is 0.519.